The maximum atomic E-state index is 12.0. The molecule has 1 aromatic heterocycles. The molecule has 0 aliphatic rings. The molecular weight excluding hydrogens is 256 g/mol. The zero-order valence-corrected chi connectivity index (χ0v) is 10.7. The Labute approximate surface area is 116 Å². The van der Waals surface area contributed by atoms with Gasteiger partial charge in [0, 0.05) is 24.5 Å². The Balaban J connectivity index is 2.13. The number of nitrogens with one attached hydrogen (secondary N) is 1. The van der Waals surface area contributed by atoms with Crippen molar-refractivity contribution in [2.75, 3.05) is 5.32 Å². The van der Waals surface area contributed by atoms with Crippen molar-refractivity contribution in [2.24, 2.45) is 0 Å². The third-order valence-electron chi connectivity index (χ3n) is 2.80. The standard InChI is InChI=1S/C15H14N2O3/c18-14(19)8-7-11-4-1-2-6-13(11)17-15(20)12-5-3-9-16-10-12/h1-6,9-10H,7-8H2,(H,17,20)(H,18,19). The monoisotopic (exact) mass is 270 g/mol. The number of aliphatic carboxylic acids is 1. The normalized spacial score (nSPS) is 10.0. The molecule has 2 N–H and O–H groups in total. The van der Waals surface area contributed by atoms with Gasteiger partial charge in [-0.3, -0.25) is 14.6 Å². The molecule has 0 radical (unpaired) electrons. The highest BCUT2D eigenvalue weighted by molar-refractivity contribution is 6.04. The number of hydrogen-bond donors (Lipinski definition) is 2. The minimum atomic E-state index is -0.863. The summed E-state index contributed by atoms with van der Waals surface area (Å²) in [5.74, 6) is -1.13. The SMILES string of the molecule is O=C(O)CCc1ccccc1NC(=O)c1cccnc1. The van der Waals surface area contributed by atoms with Crippen molar-refractivity contribution in [1.29, 1.82) is 0 Å². The highest BCUT2D eigenvalue weighted by atomic mass is 16.4. The Bertz CT molecular complexity index is 612. The number of carbonyl (C=O) groups excluding carboxylic acids is 1. The van der Waals surface area contributed by atoms with E-state index in [-0.39, 0.29) is 12.3 Å². The fraction of sp³-hybridized carbons (Fsp3) is 0.133. The molecule has 1 heterocycles. The first kappa shape index (κ1) is 13.7. The molecule has 5 nitrogen and oxygen atoms in total. The number of pyridine rings is 1. The van der Waals surface area contributed by atoms with Crippen molar-refractivity contribution < 1.29 is 14.7 Å². The van der Waals surface area contributed by atoms with Crippen LogP contribution in [0.15, 0.2) is 48.8 Å². The quantitative estimate of drug-likeness (QED) is 0.874. The minimum Gasteiger partial charge on any atom is -0.481 e. The molecule has 0 spiro atoms. The number of carbonyl (C=O) groups is 2. The van der Waals surface area contributed by atoms with Gasteiger partial charge in [0.25, 0.3) is 5.91 Å². The van der Waals surface area contributed by atoms with Gasteiger partial charge < -0.3 is 10.4 Å². The van der Waals surface area contributed by atoms with Crippen molar-refractivity contribution >= 4 is 17.6 Å². The summed E-state index contributed by atoms with van der Waals surface area (Å²) in [5.41, 5.74) is 1.88. The van der Waals surface area contributed by atoms with Crippen molar-refractivity contribution in [3.8, 4) is 0 Å². The van der Waals surface area contributed by atoms with Crippen molar-refractivity contribution in [3.05, 3.63) is 59.9 Å². The van der Waals surface area contributed by atoms with Gasteiger partial charge in [0.1, 0.15) is 0 Å². The summed E-state index contributed by atoms with van der Waals surface area (Å²) in [6.45, 7) is 0. The molecule has 0 aliphatic carbocycles. The van der Waals surface area contributed by atoms with Crippen LogP contribution in [-0.2, 0) is 11.2 Å². The third kappa shape index (κ3) is 3.65. The second-order valence-electron chi connectivity index (χ2n) is 4.25. The van der Waals surface area contributed by atoms with Crippen LogP contribution in [-0.4, -0.2) is 22.0 Å². The molecule has 102 valence electrons. The van der Waals surface area contributed by atoms with Crippen LogP contribution < -0.4 is 5.32 Å². The van der Waals surface area contributed by atoms with Gasteiger partial charge >= 0.3 is 5.97 Å². The molecule has 0 unspecified atom stereocenters. The van der Waals surface area contributed by atoms with Crippen LogP contribution in [0.25, 0.3) is 0 Å². The topological polar surface area (TPSA) is 79.3 Å². The van der Waals surface area contributed by atoms with Crippen LogP contribution in [0.3, 0.4) is 0 Å². The summed E-state index contributed by atoms with van der Waals surface area (Å²) in [6, 6.07) is 10.5. The van der Waals surface area contributed by atoms with E-state index in [0.717, 1.165) is 5.56 Å². The number of nitrogens with zero attached hydrogens (tertiary/aromatic N) is 1. The molecule has 0 fully saturated rings. The lowest BCUT2D eigenvalue weighted by Gasteiger charge is -2.10. The molecule has 0 saturated heterocycles. The first-order chi connectivity index (χ1) is 9.66. The van der Waals surface area contributed by atoms with E-state index in [1.807, 2.05) is 12.1 Å². The number of benzene rings is 1. The molecule has 0 bridgehead atoms. The largest absolute Gasteiger partial charge is 0.481 e. The number of carboxylic acids is 1. The van der Waals surface area contributed by atoms with Crippen LogP contribution in [0.2, 0.25) is 0 Å². The lowest BCUT2D eigenvalue weighted by molar-refractivity contribution is -0.136. The number of anilines is 1. The second kappa shape index (κ2) is 6.47. The van der Waals surface area contributed by atoms with E-state index in [2.05, 4.69) is 10.3 Å². The lowest BCUT2D eigenvalue weighted by atomic mass is 10.1. The smallest absolute Gasteiger partial charge is 0.303 e. The number of para-hydroxylation sites is 1. The minimum absolute atomic E-state index is 0.0276. The Kier molecular flexibility index (Phi) is 4.44. The van der Waals surface area contributed by atoms with Crippen molar-refractivity contribution in [1.82, 2.24) is 4.98 Å². The van der Waals surface area contributed by atoms with Gasteiger partial charge in [-0.2, -0.15) is 0 Å². The lowest BCUT2D eigenvalue weighted by Crippen LogP contribution is -2.13. The van der Waals surface area contributed by atoms with Gasteiger partial charge in [0.2, 0.25) is 0 Å². The maximum absolute atomic E-state index is 12.0. The Morgan fingerprint density at radius 2 is 1.95 bits per heavy atom. The summed E-state index contributed by atoms with van der Waals surface area (Å²) in [6.07, 6.45) is 3.48. The zero-order valence-electron chi connectivity index (χ0n) is 10.7. The van der Waals surface area contributed by atoms with E-state index in [4.69, 9.17) is 5.11 Å². The summed E-state index contributed by atoms with van der Waals surface area (Å²) in [7, 11) is 0. The van der Waals surface area contributed by atoms with Gasteiger partial charge in [0.15, 0.2) is 0 Å². The molecule has 20 heavy (non-hydrogen) atoms. The molecule has 0 aliphatic heterocycles. The Morgan fingerprint density at radius 1 is 1.15 bits per heavy atom. The number of carboxylic acid groups (broad SMARTS) is 1. The number of amides is 1. The van der Waals surface area contributed by atoms with E-state index in [0.29, 0.717) is 17.7 Å². The average molecular weight is 270 g/mol. The molecular formula is C15H14N2O3. The summed E-state index contributed by atoms with van der Waals surface area (Å²) < 4.78 is 0. The predicted molar refractivity (Wildman–Crippen MR) is 74.6 cm³/mol. The molecule has 5 heteroatoms. The van der Waals surface area contributed by atoms with E-state index >= 15 is 0 Å². The third-order valence-corrected chi connectivity index (χ3v) is 2.80. The van der Waals surface area contributed by atoms with Crippen molar-refractivity contribution in [2.45, 2.75) is 12.8 Å². The molecule has 1 aromatic carbocycles. The summed E-state index contributed by atoms with van der Waals surface area (Å²) in [4.78, 5) is 26.6. The fourth-order valence-corrected chi connectivity index (χ4v) is 1.79. The summed E-state index contributed by atoms with van der Waals surface area (Å²) in [5, 5.41) is 11.5. The van der Waals surface area contributed by atoms with Crippen LogP contribution >= 0.6 is 0 Å². The zero-order chi connectivity index (χ0) is 14.4. The number of aromatic nitrogens is 1. The maximum Gasteiger partial charge on any atom is 0.303 e. The Hall–Kier alpha value is -2.69. The van der Waals surface area contributed by atoms with E-state index in [9.17, 15) is 9.59 Å². The van der Waals surface area contributed by atoms with Gasteiger partial charge in [-0.15, -0.1) is 0 Å². The predicted octanol–water partition coefficient (Wildman–Crippen LogP) is 2.35. The number of rotatable bonds is 5. The van der Waals surface area contributed by atoms with Gasteiger partial charge in [-0.1, -0.05) is 18.2 Å². The highest BCUT2D eigenvalue weighted by Gasteiger charge is 2.09. The molecule has 2 aromatic rings. The molecule has 0 saturated carbocycles. The van der Waals surface area contributed by atoms with E-state index in [1.54, 1.807) is 30.5 Å². The average Bonchev–Trinajstić information content (AvgIpc) is 2.47. The van der Waals surface area contributed by atoms with Crippen LogP contribution in [0.1, 0.15) is 22.3 Å². The van der Waals surface area contributed by atoms with Crippen LogP contribution in [0.5, 0.6) is 0 Å². The van der Waals surface area contributed by atoms with E-state index < -0.39 is 5.97 Å². The van der Waals surface area contributed by atoms with Crippen molar-refractivity contribution in [3.63, 3.8) is 0 Å². The molecule has 0 atom stereocenters. The van der Waals surface area contributed by atoms with Crippen LogP contribution in [0.4, 0.5) is 5.69 Å². The summed E-state index contributed by atoms with van der Waals surface area (Å²) >= 11 is 0. The number of hydrogen-bond acceptors (Lipinski definition) is 3. The highest BCUT2D eigenvalue weighted by Crippen LogP contribution is 2.17. The molecule has 1 amide bonds. The van der Waals surface area contributed by atoms with E-state index in [1.165, 1.54) is 6.20 Å². The second-order valence-corrected chi connectivity index (χ2v) is 4.25. The van der Waals surface area contributed by atoms with Gasteiger partial charge in [-0.25, -0.2) is 0 Å². The first-order valence-corrected chi connectivity index (χ1v) is 6.18. The van der Waals surface area contributed by atoms with Gasteiger partial charge in [-0.05, 0) is 30.2 Å². The van der Waals surface area contributed by atoms with Crippen LogP contribution in [0, 0.1) is 0 Å². The Morgan fingerprint density at radius 3 is 2.65 bits per heavy atom. The first-order valence-electron chi connectivity index (χ1n) is 6.18. The number of aryl methyl sites for hydroxylation is 1. The van der Waals surface area contributed by atoms with Gasteiger partial charge in [0.05, 0.1) is 5.56 Å². The molecule has 2 rings (SSSR count). The fourth-order valence-electron chi connectivity index (χ4n) is 1.79.